The first-order valence-corrected chi connectivity index (χ1v) is 13.4. The van der Waals surface area contributed by atoms with Gasteiger partial charge in [-0.1, -0.05) is 60.7 Å². The predicted octanol–water partition coefficient (Wildman–Crippen LogP) is 8.78. The third kappa shape index (κ3) is 4.33. The molecule has 0 radical (unpaired) electrons. The molecule has 0 saturated carbocycles. The fourth-order valence-corrected chi connectivity index (χ4v) is 5.93. The molecule has 4 nitrogen and oxygen atoms in total. The average molecular weight is 517 g/mol. The first-order chi connectivity index (χ1) is 19.2. The molecule has 3 aromatic heterocycles. The van der Waals surface area contributed by atoms with Crippen molar-refractivity contribution in [3.63, 3.8) is 0 Å². The number of nitrogens with zero attached hydrogens (tertiary/aromatic N) is 4. The molecule has 0 saturated heterocycles. The lowest BCUT2D eigenvalue weighted by molar-refractivity contribution is 1.18. The van der Waals surface area contributed by atoms with Gasteiger partial charge in [0.05, 0.1) is 23.0 Å². The molecule has 182 valence electrons. The molecule has 7 aromatic rings. The van der Waals surface area contributed by atoms with Gasteiger partial charge in [0.2, 0.25) is 0 Å². The van der Waals surface area contributed by atoms with Crippen LogP contribution in [0, 0.1) is 11.3 Å². The van der Waals surface area contributed by atoms with Crippen molar-refractivity contribution in [1.29, 1.82) is 5.26 Å². The Bertz CT molecular complexity index is 2020. The second-order valence-corrected chi connectivity index (χ2v) is 10.4. The molecule has 4 aromatic carbocycles. The number of rotatable bonds is 4. The zero-order valence-electron chi connectivity index (χ0n) is 20.7. The highest BCUT2D eigenvalue weighted by Crippen LogP contribution is 2.37. The summed E-state index contributed by atoms with van der Waals surface area (Å²) in [6.45, 7) is 0. The highest BCUT2D eigenvalue weighted by Gasteiger charge is 2.13. The summed E-state index contributed by atoms with van der Waals surface area (Å²) in [5.74, 6) is 0.646. The van der Waals surface area contributed by atoms with Crippen molar-refractivity contribution in [3.05, 3.63) is 127 Å². The maximum absolute atomic E-state index is 9.27. The standard InChI is InChI=1S/C34H20N4S/c35-20-22-10-12-23(13-11-22)30-19-31(25-14-15-33-29(18-25)28-8-1-2-9-32(28)39-33)38-34(37-30)26-6-3-5-24(17-26)27-7-4-16-36-21-27/h1-19,21H. The number of nitriles is 1. The summed E-state index contributed by atoms with van der Waals surface area (Å²) in [6, 6.07) is 39.0. The zero-order chi connectivity index (χ0) is 26.2. The van der Waals surface area contributed by atoms with E-state index < -0.39 is 0 Å². The average Bonchev–Trinajstić information content (AvgIpc) is 3.39. The van der Waals surface area contributed by atoms with E-state index in [2.05, 4.69) is 65.7 Å². The quantitative estimate of drug-likeness (QED) is 0.235. The highest BCUT2D eigenvalue weighted by molar-refractivity contribution is 7.25. The number of thiophene rings is 1. The van der Waals surface area contributed by atoms with Crippen LogP contribution in [-0.2, 0) is 0 Å². The lowest BCUT2D eigenvalue weighted by Gasteiger charge is -2.11. The minimum Gasteiger partial charge on any atom is -0.264 e. The largest absolute Gasteiger partial charge is 0.264 e. The molecule has 0 amide bonds. The predicted molar refractivity (Wildman–Crippen MR) is 159 cm³/mol. The van der Waals surface area contributed by atoms with Gasteiger partial charge in [-0.2, -0.15) is 5.26 Å². The van der Waals surface area contributed by atoms with Crippen molar-refractivity contribution in [3.8, 4) is 51.1 Å². The molecule has 39 heavy (non-hydrogen) atoms. The molecule has 0 aliphatic rings. The monoisotopic (exact) mass is 516 g/mol. The number of pyridine rings is 1. The molecule has 3 heterocycles. The molecule has 0 aliphatic carbocycles. The molecule has 7 rings (SSSR count). The van der Waals surface area contributed by atoms with E-state index in [4.69, 9.17) is 9.97 Å². The van der Waals surface area contributed by atoms with Gasteiger partial charge in [0.25, 0.3) is 0 Å². The lowest BCUT2D eigenvalue weighted by Crippen LogP contribution is -1.96. The Morgan fingerprint density at radius 3 is 2.13 bits per heavy atom. The van der Waals surface area contributed by atoms with Crippen molar-refractivity contribution in [2.45, 2.75) is 0 Å². The molecule has 0 fully saturated rings. The van der Waals surface area contributed by atoms with E-state index in [0.29, 0.717) is 11.4 Å². The highest BCUT2D eigenvalue weighted by atomic mass is 32.1. The fourth-order valence-electron chi connectivity index (χ4n) is 4.84. The second-order valence-electron chi connectivity index (χ2n) is 9.28. The van der Waals surface area contributed by atoms with E-state index in [1.54, 1.807) is 17.5 Å². The van der Waals surface area contributed by atoms with Crippen molar-refractivity contribution >= 4 is 31.5 Å². The number of benzene rings is 4. The van der Waals surface area contributed by atoms with Crippen LogP contribution in [-0.4, -0.2) is 15.0 Å². The van der Waals surface area contributed by atoms with Gasteiger partial charge in [-0.05, 0) is 54.1 Å². The van der Waals surface area contributed by atoms with Gasteiger partial charge in [-0.25, -0.2) is 9.97 Å². The summed E-state index contributed by atoms with van der Waals surface area (Å²) >= 11 is 1.80. The smallest absolute Gasteiger partial charge is 0.160 e. The normalized spacial score (nSPS) is 11.1. The van der Waals surface area contributed by atoms with Crippen molar-refractivity contribution in [2.24, 2.45) is 0 Å². The van der Waals surface area contributed by atoms with Gasteiger partial charge >= 0.3 is 0 Å². The van der Waals surface area contributed by atoms with Crippen LogP contribution < -0.4 is 0 Å². The fraction of sp³-hybridized carbons (Fsp3) is 0. The van der Waals surface area contributed by atoms with Crippen LogP contribution in [0.5, 0.6) is 0 Å². The Labute approximate surface area is 229 Å². The molecule has 0 N–H and O–H groups in total. The summed E-state index contributed by atoms with van der Waals surface area (Å²) in [4.78, 5) is 14.3. The third-order valence-electron chi connectivity index (χ3n) is 6.82. The Balaban J connectivity index is 1.41. The first-order valence-electron chi connectivity index (χ1n) is 12.6. The van der Waals surface area contributed by atoms with Gasteiger partial charge in [0.1, 0.15) is 0 Å². The molecule has 5 heteroatoms. The second kappa shape index (κ2) is 9.60. The SMILES string of the molecule is N#Cc1ccc(-c2cc(-c3ccc4sc5ccccc5c4c3)nc(-c3cccc(-c4cccnc4)c3)n2)cc1. The molecule has 0 atom stereocenters. The van der Waals surface area contributed by atoms with Crippen molar-refractivity contribution < 1.29 is 0 Å². The van der Waals surface area contributed by atoms with E-state index in [1.165, 1.54) is 20.2 Å². The Morgan fingerprint density at radius 1 is 0.564 bits per heavy atom. The minimum atomic E-state index is 0.618. The van der Waals surface area contributed by atoms with Gasteiger partial charge < -0.3 is 0 Å². The van der Waals surface area contributed by atoms with Crippen molar-refractivity contribution in [1.82, 2.24) is 15.0 Å². The Kier molecular flexibility index (Phi) is 5.66. The number of aromatic nitrogens is 3. The first kappa shape index (κ1) is 23.0. The summed E-state index contributed by atoms with van der Waals surface area (Å²) < 4.78 is 2.53. The van der Waals surface area contributed by atoms with Crippen LogP contribution >= 0.6 is 11.3 Å². The Hall–Kier alpha value is -5.18. The summed E-state index contributed by atoms with van der Waals surface area (Å²) in [5, 5.41) is 11.8. The molecule has 0 unspecified atom stereocenters. The van der Waals surface area contributed by atoms with Crippen LogP contribution in [0.3, 0.4) is 0 Å². The van der Waals surface area contributed by atoms with Gasteiger partial charge in [0, 0.05) is 54.8 Å². The van der Waals surface area contributed by atoms with Gasteiger partial charge in [-0.15, -0.1) is 11.3 Å². The molecule has 0 aliphatic heterocycles. The minimum absolute atomic E-state index is 0.618. The maximum atomic E-state index is 9.27. The van der Waals surface area contributed by atoms with E-state index >= 15 is 0 Å². The molecule has 0 spiro atoms. The summed E-state index contributed by atoms with van der Waals surface area (Å²) in [6.07, 6.45) is 3.64. The molecular weight excluding hydrogens is 496 g/mol. The van der Waals surface area contributed by atoms with Crippen molar-refractivity contribution in [2.75, 3.05) is 0 Å². The van der Waals surface area contributed by atoms with Gasteiger partial charge in [-0.3, -0.25) is 4.98 Å². The van der Waals surface area contributed by atoms with E-state index in [1.807, 2.05) is 60.8 Å². The van der Waals surface area contributed by atoms with Crippen LogP contribution in [0.1, 0.15) is 5.56 Å². The maximum Gasteiger partial charge on any atom is 0.160 e. The molecule has 0 bridgehead atoms. The topological polar surface area (TPSA) is 62.5 Å². The third-order valence-corrected chi connectivity index (χ3v) is 7.98. The summed E-state index contributed by atoms with van der Waals surface area (Å²) in [7, 11) is 0. The van der Waals surface area contributed by atoms with E-state index in [0.717, 1.165) is 39.2 Å². The van der Waals surface area contributed by atoms with E-state index in [-0.39, 0.29) is 0 Å². The van der Waals surface area contributed by atoms with E-state index in [9.17, 15) is 5.26 Å². The van der Waals surface area contributed by atoms with Crippen LogP contribution in [0.2, 0.25) is 0 Å². The molecular formula is C34H20N4S. The Morgan fingerprint density at radius 2 is 1.31 bits per heavy atom. The van der Waals surface area contributed by atoms with Crippen LogP contribution in [0.25, 0.3) is 65.2 Å². The summed E-state index contributed by atoms with van der Waals surface area (Å²) in [5.41, 5.74) is 7.27. The number of fused-ring (bicyclic) bond motifs is 3. The zero-order valence-corrected chi connectivity index (χ0v) is 21.6. The van der Waals surface area contributed by atoms with Crippen LogP contribution in [0.4, 0.5) is 0 Å². The number of hydrogen-bond donors (Lipinski definition) is 0. The van der Waals surface area contributed by atoms with Gasteiger partial charge in [0.15, 0.2) is 5.82 Å². The number of hydrogen-bond acceptors (Lipinski definition) is 5. The lowest BCUT2D eigenvalue weighted by atomic mass is 10.0. The van der Waals surface area contributed by atoms with Crippen LogP contribution in [0.15, 0.2) is 122 Å².